The molecule has 4 heteroatoms. The normalized spacial score (nSPS) is 18.4. The zero-order valence-electron chi connectivity index (χ0n) is 12.7. The summed E-state index contributed by atoms with van der Waals surface area (Å²) < 4.78 is 0. The fourth-order valence-electron chi connectivity index (χ4n) is 1.95. The van der Waals surface area contributed by atoms with Gasteiger partial charge in [0, 0.05) is 11.3 Å². The van der Waals surface area contributed by atoms with Crippen LogP contribution < -0.4 is 11.1 Å². The highest BCUT2D eigenvalue weighted by Gasteiger charge is 2.33. The first-order valence-corrected chi connectivity index (χ1v) is 7.95. The number of nitrogens with one attached hydrogen (secondary N) is 1. The lowest BCUT2D eigenvalue weighted by Crippen LogP contribution is -2.56. The molecule has 0 fully saturated rings. The van der Waals surface area contributed by atoms with Gasteiger partial charge in [-0.15, -0.1) is 0 Å². The summed E-state index contributed by atoms with van der Waals surface area (Å²) in [6.07, 6.45) is 1.98. The van der Waals surface area contributed by atoms with Crippen molar-refractivity contribution in [2.75, 3.05) is 5.75 Å². The predicted molar refractivity (Wildman–Crippen MR) is 81.9 cm³/mol. The Bertz CT molecular complexity index is 258. The lowest BCUT2D eigenvalue weighted by Gasteiger charge is -2.32. The van der Waals surface area contributed by atoms with Gasteiger partial charge in [0.2, 0.25) is 5.91 Å². The number of hydrogen-bond donors (Lipinski definition) is 2. The summed E-state index contributed by atoms with van der Waals surface area (Å²) in [5.41, 5.74) is 4.94. The number of primary amides is 1. The molecule has 0 aromatic heterocycles. The second-order valence-electron chi connectivity index (χ2n) is 5.86. The van der Waals surface area contributed by atoms with Crippen molar-refractivity contribution >= 4 is 17.7 Å². The van der Waals surface area contributed by atoms with Gasteiger partial charge in [-0.05, 0) is 38.9 Å². The SMILES string of the molecule is CCC(C)CSC(C)CC(C)(NC(C)C)C(N)=O. The smallest absolute Gasteiger partial charge is 0.237 e. The van der Waals surface area contributed by atoms with E-state index in [-0.39, 0.29) is 11.9 Å². The van der Waals surface area contributed by atoms with Crippen LogP contribution in [-0.4, -0.2) is 28.5 Å². The molecule has 3 unspecified atom stereocenters. The number of carbonyl (C=O) groups excluding carboxylic acids is 1. The lowest BCUT2D eigenvalue weighted by molar-refractivity contribution is -0.124. The van der Waals surface area contributed by atoms with E-state index in [9.17, 15) is 4.79 Å². The molecule has 0 aliphatic rings. The molecule has 0 radical (unpaired) electrons. The molecule has 0 aromatic rings. The van der Waals surface area contributed by atoms with Crippen LogP contribution in [-0.2, 0) is 4.79 Å². The molecule has 3 nitrogen and oxygen atoms in total. The van der Waals surface area contributed by atoms with Crippen molar-refractivity contribution in [3.63, 3.8) is 0 Å². The molecule has 0 bridgehead atoms. The number of thioether (sulfide) groups is 1. The summed E-state index contributed by atoms with van der Waals surface area (Å²) in [7, 11) is 0. The highest BCUT2D eigenvalue weighted by atomic mass is 32.2. The Morgan fingerprint density at radius 3 is 2.28 bits per heavy atom. The minimum atomic E-state index is -0.601. The molecule has 1 amide bonds. The van der Waals surface area contributed by atoms with Crippen LogP contribution in [0.15, 0.2) is 0 Å². The number of rotatable bonds is 9. The topological polar surface area (TPSA) is 55.1 Å². The van der Waals surface area contributed by atoms with Crippen molar-refractivity contribution < 1.29 is 4.79 Å². The third kappa shape index (κ3) is 6.64. The molecule has 3 N–H and O–H groups in total. The van der Waals surface area contributed by atoms with Crippen molar-refractivity contribution in [1.82, 2.24) is 5.32 Å². The van der Waals surface area contributed by atoms with Gasteiger partial charge in [-0.25, -0.2) is 0 Å². The Labute approximate surface area is 117 Å². The van der Waals surface area contributed by atoms with Gasteiger partial charge < -0.3 is 11.1 Å². The molecular weight excluding hydrogens is 244 g/mol. The maximum atomic E-state index is 11.6. The van der Waals surface area contributed by atoms with Gasteiger partial charge in [-0.1, -0.05) is 27.2 Å². The number of carbonyl (C=O) groups is 1. The average Bonchev–Trinajstić information content (AvgIpc) is 2.24. The van der Waals surface area contributed by atoms with Crippen molar-refractivity contribution in [2.45, 2.75) is 71.2 Å². The van der Waals surface area contributed by atoms with E-state index in [1.807, 2.05) is 32.5 Å². The Hall–Kier alpha value is -0.220. The molecule has 108 valence electrons. The molecule has 0 saturated carbocycles. The van der Waals surface area contributed by atoms with Crippen molar-refractivity contribution in [3.05, 3.63) is 0 Å². The minimum Gasteiger partial charge on any atom is -0.368 e. The van der Waals surface area contributed by atoms with E-state index in [2.05, 4.69) is 26.1 Å². The van der Waals surface area contributed by atoms with Crippen LogP contribution in [0.4, 0.5) is 0 Å². The van der Waals surface area contributed by atoms with Crippen LogP contribution in [0, 0.1) is 5.92 Å². The summed E-state index contributed by atoms with van der Waals surface area (Å²) in [5.74, 6) is 1.62. The van der Waals surface area contributed by atoms with Gasteiger partial charge in [0.25, 0.3) is 0 Å². The first-order chi connectivity index (χ1) is 8.21. The van der Waals surface area contributed by atoms with Gasteiger partial charge in [-0.2, -0.15) is 11.8 Å². The molecular formula is C14H30N2OS. The summed E-state index contributed by atoms with van der Waals surface area (Å²) >= 11 is 1.93. The summed E-state index contributed by atoms with van der Waals surface area (Å²) in [6, 6.07) is 0.259. The second kappa shape index (κ2) is 8.05. The molecule has 3 atom stereocenters. The van der Waals surface area contributed by atoms with Crippen LogP contribution in [0.5, 0.6) is 0 Å². The number of amides is 1. The molecule has 0 aliphatic heterocycles. The largest absolute Gasteiger partial charge is 0.368 e. The Kier molecular flexibility index (Phi) is 7.95. The number of nitrogens with two attached hydrogens (primary N) is 1. The standard InChI is InChI=1S/C14H30N2OS/c1-7-11(4)9-18-12(5)8-14(6,13(15)17)16-10(2)3/h10-12,16H,7-9H2,1-6H3,(H2,15,17). The summed E-state index contributed by atoms with van der Waals surface area (Å²) in [4.78, 5) is 11.6. The number of hydrogen-bond acceptors (Lipinski definition) is 3. The van der Waals surface area contributed by atoms with E-state index in [4.69, 9.17) is 5.73 Å². The predicted octanol–water partition coefficient (Wildman–Crippen LogP) is 2.79. The lowest BCUT2D eigenvalue weighted by atomic mass is 9.94. The minimum absolute atomic E-state index is 0.257. The average molecular weight is 274 g/mol. The van der Waals surface area contributed by atoms with Crippen LogP contribution in [0.2, 0.25) is 0 Å². The van der Waals surface area contributed by atoms with Gasteiger partial charge in [0.15, 0.2) is 0 Å². The second-order valence-corrected chi connectivity index (χ2v) is 7.33. The van der Waals surface area contributed by atoms with E-state index in [0.29, 0.717) is 5.25 Å². The Balaban J connectivity index is 4.36. The zero-order valence-corrected chi connectivity index (χ0v) is 13.6. The van der Waals surface area contributed by atoms with Gasteiger partial charge in [-0.3, -0.25) is 4.79 Å². The molecule has 0 aromatic carbocycles. The Morgan fingerprint density at radius 1 is 1.33 bits per heavy atom. The Morgan fingerprint density at radius 2 is 1.89 bits per heavy atom. The van der Waals surface area contributed by atoms with Crippen molar-refractivity contribution in [2.24, 2.45) is 11.7 Å². The third-order valence-corrected chi connectivity index (χ3v) is 4.71. The highest BCUT2D eigenvalue weighted by molar-refractivity contribution is 7.99. The van der Waals surface area contributed by atoms with E-state index < -0.39 is 5.54 Å². The molecule has 0 spiro atoms. The van der Waals surface area contributed by atoms with E-state index in [0.717, 1.165) is 18.1 Å². The van der Waals surface area contributed by atoms with Crippen LogP contribution in [0.1, 0.15) is 54.4 Å². The van der Waals surface area contributed by atoms with E-state index in [1.54, 1.807) is 0 Å². The molecule has 0 aliphatic carbocycles. The van der Waals surface area contributed by atoms with Crippen LogP contribution in [0.3, 0.4) is 0 Å². The molecule has 0 saturated heterocycles. The van der Waals surface area contributed by atoms with Crippen molar-refractivity contribution in [3.8, 4) is 0 Å². The maximum Gasteiger partial charge on any atom is 0.237 e. The molecule has 18 heavy (non-hydrogen) atoms. The zero-order chi connectivity index (χ0) is 14.3. The molecule has 0 rings (SSSR count). The van der Waals surface area contributed by atoms with Crippen LogP contribution in [0.25, 0.3) is 0 Å². The van der Waals surface area contributed by atoms with E-state index >= 15 is 0 Å². The molecule has 0 heterocycles. The quantitative estimate of drug-likeness (QED) is 0.680. The van der Waals surface area contributed by atoms with Crippen LogP contribution >= 0.6 is 11.8 Å². The van der Waals surface area contributed by atoms with Gasteiger partial charge >= 0.3 is 0 Å². The fourth-order valence-corrected chi connectivity index (χ4v) is 3.29. The highest BCUT2D eigenvalue weighted by Crippen LogP contribution is 2.24. The van der Waals surface area contributed by atoms with Gasteiger partial charge in [0.05, 0.1) is 5.54 Å². The summed E-state index contributed by atoms with van der Waals surface area (Å²) in [5, 5.41) is 3.73. The summed E-state index contributed by atoms with van der Waals surface area (Å²) in [6.45, 7) is 12.6. The third-order valence-electron chi connectivity index (χ3n) is 3.21. The fraction of sp³-hybridized carbons (Fsp3) is 0.929. The van der Waals surface area contributed by atoms with Gasteiger partial charge in [0.1, 0.15) is 0 Å². The first-order valence-electron chi connectivity index (χ1n) is 6.90. The van der Waals surface area contributed by atoms with Crippen molar-refractivity contribution in [1.29, 1.82) is 0 Å². The maximum absolute atomic E-state index is 11.6. The van der Waals surface area contributed by atoms with E-state index in [1.165, 1.54) is 6.42 Å². The monoisotopic (exact) mass is 274 g/mol. The first kappa shape index (κ1) is 17.8.